The molecule has 0 heterocycles. The Hall–Kier alpha value is -0.0500. The van der Waals surface area contributed by atoms with Gasteiger partial charge in [0.2, 0.25) is 0 Å². The maximum atomic E-state index is 2.55. The summed E-state index contributed by atoms with van der Waals surface area (Å²) in [4.78, 5) is 0. The molecule has 0 aromatic heterocycles. The monoisotopic (exact) mass is 288 g/mol. The number of benzene rings is 1. The number of hydrogen-bond acceptors (Lipinski definition) is 0. The molecule has 0 nitrogen and oxygen atoms in total. The van der Waals surface area contributed by atoms with Crippen molar-refractivity contribution in [2.75, 3.05) is 0 Å². The molecule has 1 rings (SSSR count). The molecule has 72 valence electrons. The van der Waals surface area contributed by atoms with Gasteiger partial charge >= 0.3 is 0 Å². The van der Waals surface area contributed by atoms with Crippen LogP contribution in [0.15, 0.2) is 30.3 Å². The van der Waals surface area contributed by atoms with Gasteiger partial charge in [0.1, 0.15) is 0 Å². The number of hydrogen-bond donors (Lipinski definition) is 0. The van der Waals surface area contributed by atoms with Crippen molar-refractivity contribution in [2.45, 2.75) is 30.6 Å². The summed E-state index contributed by atoms with van der Waals surface area (Å²) in [5.41, 5.74) is 1.46. The standard InChI is InChI=1S/C12H17I/c1-3-10(2)9-12(13)11-7-5-4-6-8-11/h4-8,10,12H,3,9H2,1-2H3. The molecule has 13 heavy (non-hydrogen) atoms. The van der Waals surface area contributed by atoms with Crippen LogP contribution in [0.4, 0.5) is 0 Å². The van der Waals surface area contributed by atoms with Crippen molar-refractivity contribution in [1.29, 1.82) is 0 Å². The Kier molecular flexibility index (Phi) is 4.78. The Labute approximate surface area is 94.9 Å². The minimum Gasteiger partial charge on any atom is -0.0774 e. The topological polar surface area (TPSA) is 0 Å². The molecule has 0 spiro atoms. The van der Waals surface area contributed by atoms with E-state index in [0.717, 1.165) is 5.92 Å². The maximum Gasteiger partial charge on any atom is 0.0362 e. The first-order chi connectivity index (χ1) is 6.24. The number of halogens is 1. The van der Waals surface area contributed by atoms with Crippen LogP contribution in [0, 0.1) is 5.92 Å². The smallest absolute Gasteiger partial charge is 0.0362 e. The first-order valence-electron chi connectivity index (χ1n) is 4.93. The lowest BCUT2D eigenvalue weighted by Crippen LogP contribution is -1.98. The summed E-state index contributed by atoms with van der Waals surface area (Å²) in [6.45, 7) is 4.59. The second kappa shape index (κ2) is 5.63. The van der Waals surface area contributed by atoms with Crippen molar-refractivity contribution < 1.29 is 0 Å². The van der Waals surface area contributed by atoms with Crippen LogP contribution in [0.25, 0.3) is 0 Å². The minimum absolute atomic E-state index is 0.675. The van der Waals surface area contributed by atoms with Gasteiger partial charge in [0, 0.05) is 3.92 Å². The van der Waals surface area contributed by atoms with Gasteiger partial charge in [0.15, 0.2) is 0 Å². The molecule has 0 aliphatic carbocycles. The van der Waals surface area contributed by atoms with E-state index in [9.17, 15) is 0 Å². The van der Waals surface area contributed by atoms with Crippen molar-refractivity contribution in [3.05, 3.63) is 35.9 Å². The van der Waals surface area contributed by atoms with Gasteiger partial charge in [0.25, 0.3) is 0 Å². The summed E-state index contributed by atoms with van der Waals surface area (Å²) in [5, 5.41) is 0. The fraction of sp³-hybridized carbons (Fsp3) is 0.500. The molecular formula is C12H17I. The van der Waals surface area contributed by atoms with E-state index in [1.54, 1.807) is 0 Å². The van der Waals surface area contributed by atoms with Crippen molar-refractivity contribution >= 4 is 22.6 Å². The Balaban J connectivity index is 2.53. The molecule has 1 heteroatoms. The van der Waals surface area contributed by atoms with Crippen molar-refractivity contribution in [1.82, 2.24) is 0 Å². The molecule has 0 saturated heterocycles. The normalized spacial score (nSPS) is 15.3. The van der Waals surface area contributed by atoms with Gasteiger partial charge in [0.05, 0.1) is 0 Å². The SMILES string of the molecule is CCC(C)CC(I)c1ccccc1. The quantitative estimate of drug-likeness (QED) is 0.561. The van der Waals surface area contributed by atoms with Crippen LogP contribution in [0.5, 0.6) is 0 Å². The molecule has 1 aromatic rings. The third-order valence-electron chi connectivity index (χ3n) is 2.47. The van der Waals surface area contributed by atoms with E-state index in [2.05, 4.69) is 66.8 Å². The highest BCUT2D eigenvalue weighted by molar-refractivity contribution is 14.1. The predicted molar refractivity (Wildman–Crippen MR) is 67.3 cm³/mol. The summed E-state index contributed by atoms with van der Waals surface area (Å²) >= 11 is 2.55. The second-order valence-electron chi connectivity index (χ2n) is 3.63. The zero-order chi connectivity index (χ0) is 9.68. The van der Waals surface area contributed by atoms with Gasteiger partial charge in [-0.25, -0.2) is 0 Å². The van der Waals surface area contributed by atoms with Crippen molar-refractivity contribution in [3.8, 4) is 0 Å². The van der Waals surface area contributed by atoms with Gasteiger partial charge in [-0.2, -0.15) is 0 Å². The molecule has 2 atom stereocenters. The van der Waals surface area contributed by atoms with Crippen LogP contribution in [0.2, 0.25) is 0 Å². The van der Waals surface area contributed by atoms with Crippen LogP contribution in [0.1, 0.15) is 36.2 Å². The molecule has 0 radical (unpaired) electrons. The maximum absolute atomic E-state index is 2.55. The fourth-order valence-electron chi connectivity index (χ4n) is 1.32. The summed E-state index contributed by atoms with van der Waals surface area (Å²) < 4.78 is 0.675. The summed E-state index contributed by atoms with van der Waals surface area (Å²) in [7, 11) is 0. The fourth-order valence-corrected chi connectivity index (χ4v) is 2.60. The van der Waals surface area contributed by atoms with Gasteiger partial charge in [-0.15, -0.1) is 0 Å². The van der Waals surface area contributed by atoms with E-state index in [0.29, 0.717) is 3.92 Å². The molecule has 0 N–H and O–H groups in total. The Morgan fingerprint density at radius 3 is 2.38 bits per heavy atom. The first kappa shape index (κ1) is 11.0. The summed E-state index contributed by atoms with van der Waals surface area (Å²) in [5.74, 6) is 0.835. The Morgan fingerprint density at radius 1 is 1.23 bits per heavy atom. The van der Waals surface area contributed by atoms with E-state index in [4.69, 9.17) is 0 Å². The third-order valence-corrected chi connectivity index (χ3v) is 3.70. The molecule has 0 amide bonds. The Bertz CT molecular complexity index is 230. The van der Waals surface area contributed by atoms with E-state index >= 15 is 0 Å². The van der Waals surface area contributed by atoms with Crippen molar-refractivity contribution in [2.24, 2.45) is 5.92 Å². The van der Waals surface area contributed by atoms with Gasteiger partial charge in [-0.05, 0) is 17.9 Å². The summed E-state index contributed by atoms with van der Waals surface area (Å²) in [6, 6.07) is 10.8. The van der Waals surface area contributed by atoms with Crippen LogP contribution in [-0.2, 0) is 0 Å². The third kappa shape index (κ3) is 3.67. The van der Waals surface area contributed by atoms with E-state index in [1.165, 1.54) is 18.4 Å². The van der Waals surface area contributed by atoms with Gasteiger partial charge < -0.3 is 0 Å². The largest absolute Gasteiger partial charge is 0.0774 e. The molecule has 2 unspecified atom stereocenters. The molecule has 0 fully saturated rings. The average molecular weight is 288 g/mol. The highest BCUT2D eigenvalue weighted by atomic mass is 127. The van der Waals surface area contributed by atoms with Crippen LogP contribution < -0.4 is 0 Å². The van der Waals surface area contributed by atoms with E-state index < -0.39 is 0 Å². The zero-order valence-corrected chi connectivity index (χ0v) is 10.5. The van der Waals surface area contributed by atoms with E-state index in [1.807, 2.05) is 0 Å². The van der Waals surface area contributed by atoms with Gasteiger partial charge in [-0.3, -0.25) is 0 Å². The molecule has 0 aliphatic heterocycles. The highest BCUT2D eigenvalue weighted by Gasteiger charge is 2.09. The summed E-state index contributed by atoms with van der Waals surface area (Å²) in [6.07, 6.45) is 2.58. The molecule has 1 aromatic carbocycles. The second-order valence-corrected chi connectivity index (χ2v) is 5.13. The predicted octanol–water partition coefficient (Wildman–Crippen LogP) is 4.60. The number of alkyl halides is 1. The van der Waals surface area contributed by atoms with Gasteiger partial charge in [-0.1, -0.05) is 73.2 Å². The van der Waals surface area contributed by atoms with Crippen LogP contribution >= 0.6 is 22.6 Å². The van der Waals surface area contributed by atoms with Crippen LogP contribution in [0.3, 0.4) is 0 Å². The lowest BCUT2D eigenvalue weighted by molar-refractivity contribution is 0.518. The van der Waals surface area contributed by atoms with Crippen LogP contribution in [-0.4, -0.2) is 0 Å². The zero-order valence-electron chi connectivity index (χ0n) is 8.33. The molecule has 0 saturated carbocycles. The molecule has 0 bridgehead atoms. The molecule has 0 aliphatic rings. The molecular weight excluding hydrogens is 271 g/mol. The number of rotatable bonds is 4. The van der Waals surface area contributed by atoms with E-state index in [-0.39, 0.29) is 0 Å². The lowest BCUT2D eigenvalue weighted by atomic mass is 9.99. The Morgan fingerprint density at radius 2 is 1.85 bits per heavy atom. The first-order valence-corrected chi connectivity index (χ1v) is 6.17. The minimum atomic E-state index is 0.675. The highest BCUT2D eigenvalue weighted by Crippen LogP contribution is 2.30. The lowest BCUT2D eigenvalue weighted by Gasteiger charge is -2.14. The average Bonchev–Trinajstić information content (AvgIpc) is 2.19. The van der Waals surface area contributed by atoms with Crippen molar-refractivity contribution in [3.63, 3.8) is 0 Å².